The zero-order valence-electron chi connectivity index (χ0n) is 16.4. The number of hydrogen-bond acceptors (Lipinski definition) is 6. The summed E-state index contributed by atoms with van der Waals surface area (Å²) in [5.41, 5.74) is 6.52. The predicted octanol–water partition coefficient (Wildman–Crippen LogP) is 4.46. The first kappa shape index (κ1) is 18.1. The van der Waals surface area contributed by atoms with Crippen molar-refractivity contribution in [2.24, 2.45) is 7.05 Å². The minimum atomic E-state index is -0.409. The zero-order chi connectivity index (χ0) is 21.1. The minimum Gasteiger partial charge on any atom is -0.324 e. The van der Waals surface area contributed by atoms with E-state index in [1.807, 2.05) is 30.1 Å². The van der Waals surface area contributed by atoms with Crippen LogP contribution in [0, 0.1) is 5.82 Å². The third kappa shape index (κ3) is 2.83. The molecule has 6 rings (SSSR count). The molecule has 0 spiro atoms. The van der Waals surface area contributed by atoms with Gasteiger partial charge < -0.3 is 4.90 Å². The second kappa shape index (κ2) is 6.68. The summed E-state index contributed by atoms with van der Waals surface area (Å²) in [7, 11) is 1.88. The lowest BCUT2D eigenvalue weighted by molar-refractivity contribution is 0.627. The molecule has 1 aliphatic heterocycles. The maximum absolute atomic E-state index is 13.9. The van der Waals surface area contributed by atoms with Crippen LogP contribution in [0.2, 0.25) is 5.02 Å². The van der Waals surface area contributed by atoms with Crippen LogP contribution in [0.15, 0.2) is 49.1 Å². The summed E-state index contributed by atoms with van der Waals surface area (Å²) in [6.45, 7) is 0.662. The van der Waals surface area contributed by atoms with Gasteiger partial charge in [0, 0.05) is 31.0 Å². The fourth-order valence-electron chi connectivity index (χ4n) is 4.05. The van der Waals surface area contributed by atoms with E-state index in [2.05, 4.69) is 20.1 Å². The van der Waals surface area contributed by atoms with Gasteiger partial charge in [0.25, 0.3) is 0 Å². The summed E-state index contributed by atoms with van der Waals surface area (Å²) in [4.78, 5) is 20.3. The maximum Gasteiger partial charge on any atom is 0.163 e. The van der Waals surface area contributed by atoms with Gasteiger partial charge >= 0.3 is 0 Å². The number of nitrogens with zero attached hydrogens (tertiary/aromatic N) is 7. The molecule has 0 radical (unpaired) electrons. The van der Waals surface area contributed by atoms with Gasteiger partial charge in [-0.2, -0.15) is 5.10 Å². The highest BCUT2D eigenvalue weighted by Gasteiger charge is 2.25. The van der Waals surface area contributed by atoms with E-state index in [9.17, 15) is 4.39 Å². The maximum atomic E-state index is 13.9. The fraction of sp³-hybridized carbons (Fsp3) is 0.136. The van der Waals surface area contributed by atoms with Gasteiger partial charge in [0.15, 0.2) is 5.82 Å². The van der Waals surface area contributed by atoms with Gasteiger partial charge in [-0.1, -0.05) is 11.6 Å². The monoisotopic (exact) mass is 431 g/mol. The second-order valence-electron chi connectivity index (χ2n) is 7.45. The van der Waals surface area contributed by atoms with Crippen molar-refractivity contribution in [3.05, 3.63) is 65.5 Å². The third-order valence-corrected chi connectivity index (χ3v) is 5.92. The molecule has 9 heteroatoms. The lowest BCUT2D eigenvalue weighted by atomic mass is 10.1. The Labute approximate surface area is 181 Å². The van der Waals surface area contributed by atoms with Crippen LogP contribution in [-0.2, 0) is 13.5 Å². The van der Waals surface area contributed by atoms with E-state index >= 15 is 0 Å². The molecule has 31 heavy (non-hydrogen) atoms. The van der Waals surface area contributed by atoms with E-state index < -0.39 is 5.82 Å². The summed E-state index contributed by atoms with van der Waals surface area (Å²) >= 11 is 6.06. The molecule has 0 saturated heterocycles. The number of benzene rings is 1. The van der Waals surface area contributed by atoms with Gasteiger partial charge in [0.2, 0.25) is 0 Å². The Balaban J connectivity index is 1.51. The predicted molar refractivity (Wildman–Crippen MR) is 117 cm³/mol. The number of anilines is 2. The van der Waals surface area contributed by atoms with Crippen LogP contribution < -0.4 is 4.90 Å². The first-order valence-corrected chi connectivity index (χ1v) is 10.1. The minimum absolute atomic E-state index is 0.0909. The normalized spacial score (nSPS) is 13.3. The van der Waals surface area contributed by atoms with E-state index in [0.717, 1.165) is 39.1 Å². The molecule has 0 atom stereocenters. The Morgan fingerprint density at radius 2 is 1.94 bits per heavy atom. The summed E-state index contributed by atoms with van der Waals surface area (Å²) < 4.78 is 15.7. The highest BCUT2D eigenvalue weighted by Crippen LogP contribution is 2.38. The highest BCUT2D eigenvalue weighted by molar-refractivity contribution is 6.31. The Bertz CT molecular complexity index is 1500. The molecule has 1 aliphatic rings. The molecule has 7 nitrogen and oxygen atoms in total. The van der Waals surface area contributed by atoms with Crippen molar-refractivity contribution in [1.82, 2.24) is 29.7 Å². The zero-order valence-corrected chi connectivity index (χ0v) is 17.2. The van der Waals surface area contributed by atoms with E-state index in [-0.39, 0.29) is 5.02 Å². The molecular formula is C22H15ClFN7. The van der Waals surface area contributed by atoms with Crippen LogP contribution in [0.3, 0.4) is 0 Å². The largest absolute Gasteiger partial charge is 0.324 e. The van der Waals surface area contributed by atoms with Gasteiger partial charge in [-0.15, -0.1) is 0 Å². The Morgan fingerprint density at radius 1 is 1.03 bits per heavy atom. The van der Waals surface area contributed by atoms with Crippen molar-refractivity contribution in [2.45, 2.75) is 6.42 Å². The number of pyridine rings is 2. The Hall–Kier alpha value is -3.65. The number of rotatable bonds is 2. The molecule has 0 fully saturated rings. The van der Waals surface area contributed by atoms with Crippen molar-refractivity contribution in [3.63, 3.8) is 0 Å². The number of hydrogen-bond donors (Lipinski definition) is 0. The smallest absolute Gasteiger partial charge is 0.163 e. The summed E-state index contributed by atoms with van der Waals surface area (Å²) in [5.74, 6) is 0.260. The van der Waals surface area contributed by atoms with E-state index in [4.69, 9.17) is 16.6 Å². The molecule has 0 unspecified atom stereocenters. The lowest BCUT2D eigenvalue weighted by Gasteiger charge is -2.19. The quantitative estimate of drug-likeness (QED) is 0.411. The molecule has 4 aromatic heterocycles. The van der Waals surface area contributed by atoms with Crippen LogP contribution in [-0.4, -0.2) is 36.3 Å². The first-order chi connectivity index (χ1) is 15.1. The Morgan fingerprint density at radius 3 is 2.84 bits per heavy atom. The number of halogens is 2. The van der Waals surface area contributed by atoms with Crippen molar-refractivity contribution in [1.29, 1.82) is 0 Å². The van der Waals surface area contributed by atoms with Crippen LogP contribution in [0.4, 0.5) is 15.9 Å². The van der Waals surface area contributed by atoms with Gasteiger partial charge in [0.1, 0.15) is 23.2 Å². The van der Waals surface area contributed by atoms with E-state index in [1.54, 1.807) is 23.1 Å². The molecule has 0 aliphatic carbocycles. The second-order valence-corrected chi connectivity index (χ2v) is 7.86. The molecule has 0 amide bonds. The van der Waals surface area contributed by atoms with Gasteiger partial charge in [0.05, 0.1) is 27.9 Å². The number of aromatic nitrogens is 6. The number of fused-ring (bicyclic) bond motifs is 3. The van der Waals surface area contributed by atoms with Crippen LogP contribution in [0.25, 0.3) is 33.3 Å². The lowest BCUT2D eigenvalue weighted by Crippen LogP contribution is -2.16. The molecule has 0 N–H and O–H groups in total. The SMILES string of the molecule is Cn1ncc2ncc(-c3ccc4ncnc(N5CCc6cc(F)c(Cl)cc65)c4n3)cc21. The number of aryl methyl sites for hydroxylation is 1. The van der Waals surface area contributed by atoms with Gasteiger partial charge in [-0.05, 0) is 42.3 Å². The van der Waals surface area contributed by atoms with E-state index in [1.165, 1.54) is 12.4 Å². The topological polar surface area (TPSA) is 72.6 Å². The van der Waals surface area contributed by atoms with Gasteiger partial charge in [-0.25, -0.2) is 19.3 Å². The highest BCUT2D eigenvalue weighted by atomic mass is 35.5. The first-order valence-electron chi connectivity index (χ1n) is 9.74. The van der Waals surface area contributed by atoms with Crippen molar-refractivity contribution >= 4 is 45.2 Å². The van der Waals surface area contributed by atoms with Crippen LogP contribution in [0.5, 0.6) is 0 Å². The van der Waals surface area contributed by atoms with Crippen LogP contribution >= 0.6 is 11.6 Å². The van der Waals surface area contributed by atoms with E-state index in [0.29, 0.717) is 24.3 Å². The van der Waals surface area contributed by atoms with Gasteiger partial charge in [-0.3, -0.25) is 9.67 Å². The molecular weight excluding hydrogens is 417 g/mol. The van der Waals surface area contributed by atoms with Crippen molar-refractivity contribution < 1.29 is 4.39 Å². The molecule has 1 aromatic carbocycles. The Kier molecular flexibility index (Phi) is 3.91. The van der Waals surface area contributed by atoms with Crippen molar-refractivity contribution in [3.8, 4) is 11.3 Å². The van der Waals surface area contributed by atoms with Crippen LogP contribution in [0.1, 0.15) is 5.56 Å². The fourth-order valence-corrected chi connectivity index (χ4v) is 4.21. The summed E-state index contributed by atoms with van der Waals surface area (Å²) in [5, 5.41) is 4.34. The molecule has 5 aromatic rings. The summed E-state index contributed by atoms with van der Waals surface area (Å²) in [6, 6.07) is 9.00. The average Bonchev–Trinajstić information content (AvgIpc) is 3.36. The molecule has 5 heterocycles. The summed E-state index contributed by atoms with van der Waals surface area (Å²) in [6.07, 6.45) is 5.74. The van der Waals surface area contributed by atoms with Crippen molar-refractivity contribution in [2.75, 3.05) is 11.4 Å². The third-order valence-electron chi connectivity index (χ3n) is 5.63. The average molecular weight is 432 g/mol. The molecule has 0 saturated carbocycles. The standard InChI is InChI=1S/C22H15ClFN7/c1-30-20-7-13(9-25-18(20)10-28-30)16-2-3-17-21(29-16)22(27-11-26-17)31-5-4-12-6-15(24)14(23)8-19(12)31/h2-3,6-11H,4-5H2,1H3. The molecule has 152 valence electrons. The molecule has 0 bridgehead atoms.